The van der Waals surface area contributed by atoms with Gasteiger partial charge >= 0.3 is 0 Å². The van der Waals surface area contributed by atoms with Gasteiger partial charge in [0.2, 0.25) is 0 Å². The summed E-state index contributed by atoms with van der Waals surface area (Å²) in [6.07, 6.45) is 9.75. The first-order chi connectivity index (χ1) is 7.84. The van der Waals surface area contributed by atoms with Crippen LogP contribution in [-0.4, -0.2) is 16.5 Å². The molecule has 0 spiro atoms. The summed E-state index contributed by atoms with van der Waals surface area (Å²) >= 11 is 5.78. The van der Waals surface area contributed by atoms with Crippen LogP contribution in [0.1, 0.15) is 38.5 Å². The topological polar surface area (TPSA) is 37.8 Å². The summed E-state index contributed by atoms with van der Waals surface area (Å²) in [5.74, 6) is 1.73. The molecule has 4 heteroatoms. The van der Waals surface area contributed by atoms with Gasteiger partial charge in [-0.15, -0.1) is 0 Å². The quantitative estimate of drug-likeness (QED) is 0.817. The Labute approximate surface area is 102 Å². The van der Waals surface area contributed by atoms with E-state index in [1.807, 2.05) is 0 Å². The molecule has 0 atom stereocenters. The summed E-state index contributed by atoms with van der Waals surface area (Å²) in [4.78, 5) is 7.97. The molecule has 16 heavy (non-hydrogen) atoms. The van der Waals surface area contributed by atoms with E-state index in [1.165, 1.54) is 44.9 Å². The van der Waals surface area contributed by atoms with Gasteiger partial charge in [-0.05, 0) is 12.3 Å². The fourth-order valence-corrected chi connectivity index (χ4v) is 2.46. The zero-order valence-corrected chi connectivity index (χ0v) is 10.2. The van der Waals surface area contributed by atoms with Crippen molar-refractivity contribution in [2.45, 2.75) is 38.5 Å². The highest BCUT2D eigenvalue weighted by Gasteiger charge is 2.12. The molecular formula is C12H18ClN3. The van der Waals surface area contributed by atoms with Gasteiger partial charge in [0.1, 0.15) is 17.3 Å². The molecule has 1 N–H and O–H groups in total. The molecule has 1 saturated carbocycles. The first kappa shape index (κ1) is 11.6. The van der Waals surface area contributed by atoms with E-state index in [0.717, 1.165) is 18.3 Å². The molecule has 0 unspecified atom stereocenters. The third-order valence-corrected chi connectivity index (χ3v) is 3.42. The Morgan fingerprint density at radius 1 is 1.25 bits per heavy atom. The second kappa shape index (κ2) is 6.04. The van der Waals surface area contributed by atoms with Crippen molar-refractivity contribution >= 4 is 17.4 Å². The van der Waals surface area contributed by atoms with Gasteiger partial charge in [0.05, 0.1) is 0 Å². The Morgan fingerprint density at radius 2 is 2.06 bits per heavy atom. The van der Waals surface area contributed by atoms with Crippen molar-refractivity contribution in [2.75, 3.05) is 11.9 Å². The second-order valence-corrected chi connectivity index (χ2v) is 4.83. The van der Waals surface area contributed by atoms with E-state index in [0.29, 0.717) is 5.15 Å². The molecule has 3 nitrogen and oxygen atoms in total. The van der Waals surface area contributed by atoms with Crippen LogP contribution in [0.3, 0.4) is 0 Å². The second-order valence-electron chi connectivity index (χ2n) is 4.45. The summed E-state index contributed by atoms with van der Waals surface area (Å²) in [7, 11) is 0. The van der Waals surface area contributed by atoms with Crippen molar-refractivity contribution < 1.29 is 0 Å². The van der Waals surface area contributed by atoms with E-state index >= 15 is 0 Å². The van der Waals surface area contributed by atoms with Gasteiger partial charge in [-0.1, -0.05) is 43.7 Å². The lowest BCUT2D eigenvalue weighted by Crippen LogP contribution is -2.12. The molecule has 1 aliphatic carbocycles. The lowest BCUT2D eigenvalue weighted by Gasteiger charge is -2.21. The Morgan fingerprint density at radius 3 is 2.81 bits per heavy atom. The third-order valence-electron chi connectivity index (χ3n) is 3.22. The molecule has 1 aromatic rings. The number of nitrogens with one attached hydrogen (secondary N) is 1. The first-order valence-electron chi connectivity index (χ1n) is 6.06. The largest absolute Gasteiger partial charge is 0.370 e. The maximum atomic E-state index is 5.78. The maximum absolute atomic E-state index is 5.78. The molecule has 0 bridgehead atoms. The molecular weight excluding hydrogens is 222 g/mol. The number of hydrogen-bond donors (Lipinski definition) is 1. The summed E-state index contributed by atoms with van der Waals surface area (Å²) in [5.41, 5.74) is 0. The van der Waals surface area contributed by atoms with Gasteiger partial charge in [0.25, 0.3) is 0 Å². The fraction of sp³-hybridized carbons (Fsp3) is 0.667. The van der Waals surface area contributed by atoms with Crippen molar-refractivity contribution in [3.8, 4) is 0 Å². The molecule has 0 radical (unpaired) electrons. The SMILES string of the molecule is Clc1cc(NCCC2CCCCC2)ncn1. The number of halogens is 1. The Bertz CT molecular complexity index is 324. The van der Waals surface area contributed by atoms with Crippen LogP contribution in [0.2, 0.25) is 5.15 Å². The molecule has 0 amide bonds. The molecule has 0 saturated heterocycles. The zero-order chi connectivity index (χ0) is 11.2. The Kier molecular flexibility index (Phi) is 4.40. The van der Waals surface area contributed by atoms with Crippen LogP contribution in [0.15, 0.2) is 12.4 Å². The average molecular weight is 240 g/mol. The lowest BCUT2D eigenvalue weighted by atomic mass is 9.87. The minimum Gasteiger partial charge on any atom is -0.370 e. The van der Waals surface area contributed by atoms with Crippen LogP contribution >= 0.6 is 11.6 Å². The highest BCUT2D eigenvalue weighted by molar-refractivity contribution is 6.29. The molecule has 1 heterocycles. The fourth-order valence-electron chi connectivity index (χ4n) is 2.31. The predicted octanol–water partition coefficient (Wildman–Crippen LogP) is 3.51. The summed E-state index contributed by atoms with van der Waals surface area (Å²) in [6, 6.07) is 1.77. The maximum Gasteiger partial charge on any atom is 0.134 e. The van der Waals surface area contributed by atoms with E-state index in [-0.39, 0.29) is 0 Å². The van der Waals surface area contributed by atoms with Gasteiger partial charge in [0.15, 0.2) is 0 Å². The summed E-state index contributed by atoms with van der Waals surface area (Å²) < 4.78 is 0. The van der Waals surface area contributed by atoms with Crippen molar-refractivity contribution in [2.24, 2.45) is 5.92 Å². The number of rotatable bonds is 4. The van der Waals surface area contributed by atoms with Crippen LogP contribution in [0.4, 0.5) is 5.82 Å². The monoisotopic (exact) mass is 239 g/mol. The van der Waals surface area contributed by atoms with Gasteiger partial charge in [-0.3, -0.25) is 0 Å². The van der Waals surface area contributed by atoms with Crippen molar-refractivity contribution in [3.05, 3.63) is 17.5 Å². The minimum absolute atomic E-state index is 0.496. The molecule has 2 rings (SSSR count). The van der Waals surface area contributed by atoms with Crippen molar-refractivity contribution in [3.63, 3.8) is 0 Å². The van der Waals surface area contributed by atoms with E-state index in [9.17, 15) is 0 Å². The minimum atomic E-state index is 0.496. The van der Waals surface area contributed by atoms with Crippen molar-refractivity contribution in [1.29, 1.82) is 0 Å². The zero-order valence-electron chi connectivity index (χ0n) is 9.45. The Balaban J connectivity index is 1.71. The molecule has 0 aromatic carbocycles. The van der Waals surface area contributed by atoms with Gasteiger partial charge in [-0.2, -0.15) is 0 Å². The first-order valence-corrected chi connectivity index (χ1v) is 6.44. The standard InChI is InChI=1S/C12H18ClN3/c13-11-8-12(16-9-15-11)14-7-6-10-4-2-1-3-5-10/h8-10H,1-7H2,(H,14,15,16). The lowest BCUT2D eigenvalue weighted by molar-refractivity contribution is 0.345. The summed E-state index contributed by atoms with van der Waals surface area (Å²) in [5, 5.41) is 3.79. The molecule has 1 aliphatic rings. The number of hydrogen-bond acceptors (Lipinski definition) is 3. The third kappa shape index (κ3) is 3.63. The van der Waals surface area contributed by atoms with Crippen LogP contribution < -0.4 is 5.32 Å². The van der Waals surface area contributed by atoms with Crippen LogP contribution in [0.25, 0.3) is 0 Å². The van der Waals surface area contributed by atoms with Gasteiger partial charge in [-0.25, -0.2) is 9.97 Å². The predicted molar refractivity (Wildman–Crippen MR) is 66.7 cm³/mol. The highest BCUT2D eigenvalue weighted by Crippen LogP contribution is 2.26. The number of aromatic nitrogens is 2. The van der Waals surface area contributed by atoms with E-state index < -0.39 is 0 Å². The van der Waals surface area contributed by atoms with Crippen molar-refractivity contribution in [1.82, 2.24) is 9.97 Å². The normalized spacial score (nSPS) is 17.3. The molecule has 1 aromatic heterocycles. The number of anilines is 1. The van der Waals surface area contributed by atoms with Gasteiger partial charge < -0.3 is 5.32 Å². The number of nitrogens with zero attached hydrogens (tertiary/aromatic N) is 2. The van der Waals surface area contributed by atoms with E-state index in [4.69, 9.17) is 11.6 Å². The molecule has 1 fully saturated rings. The van der Waals surface area contributed by atoms with Crippen LogP contribution in [0, 0.1) is 5.92 Å². The molecule has 88 valence electrons. The van der Waals surface area contributed by atoms with Gasteiger partial charge in [0, 0.05) is 12.6 Å². The van der Waals surface area contributed by atoms with Crippen LogP contribution in [-0.2, 0) is 0 Å². The summed E-state index contributed by atoms with van der Waals surface area (Å²) in [6.45, 7) is 0.984. The average Bonchev–Trinajstić information content (AvgIpc) is 2.30. The van der Waals surface area contributed by atoms with E-state index in [2.05, 4.69) is 15.3 Å². The smallest absolute Gasteiger partial charge is 0.134 e. The van der Waals surface area contributed by atoms with Crippen LogP contribution in [0.5, 0.6) is 0 Å². The van der Waals surface area contributed by atoms with E-state index in [1.54, 1.807) is 6.07 Å². The Hall–Kier alpha value is -0.830. The highest BCUT2D eigenvalue weighted by atomic mass is 35.5. The molecule has 0 aliphatic heterocycles.